The Bertz CT molecular complexity index is 129. The Kier molecular flexibility index (Phi) is 4.81. The maximum atomic E-state index is 11.5. The van der Waals surface area contributed by atoms with Crippen molar-refractivity contribution in [2.45, 2.75) is 20.3 Å². The van der Waals surface area contributed by atoms with Crippen molar-refractivity contribution >= 4 is 5.78 Å². The minimum atomic E-state index is -0.346. The quantitative estimate of drug-likeness (QED) is 0.552. The van der Waals surface area contributed by atoms with Crippen LogP contribution in [0.1, 0.15) is 20.3 Å². The molecule has 0 bridgehead atoms. The Morgan fingerprint density at radius 3 is 2.70 bits per heavy atom. The minimum absolute atomic E-state index is 0.0634. The molecule has 0 aliphatic carbocycles. The van der Waals surface area contributed by atoms with E-state index >= 15 is 0 Å². The van der Waals surface area contributed by atoms with Crippen LogP contribution >= 0.6 is 0 Å². The predicted octanol–water partition coefficient (Wildman–Crippen LogP) is 2.13. The maximum absolute atomic E-state index is 11.5. The molecule has 0 radical (unpaired) electrons. The molecule has 0 spiro atoms. The lowest BCUT2D eigenvalue weighted by Gasteiger charge is -1.96. The normalized spacial score (nSPS) is 13.9. The Hall–Kier alpha value is -0.660. The van der Waals surface area contributed by atoms with Crippen molar-refractivity contribution in [1.29, 1.82) is 0 Å². The first kappa shape index (κ1) is 9.34. The number of carbonyl (C=O) groups excluding carboxylic acids is 1. The van der Waals surface area contributed by atoms with Gasteiger partial charge in [-0.2, -0.15) is 0 Å². The van der Waals surface area contributed by atoms with Crippen LogP contribution in [0.2, 0.25) is 0 Å². The van der Waals surface area contributed by atoms with E-state index in [9.17, 15) is 9.18 Å². The van der Waals surface area contributed by atoms with Crippen molar-refractivity contribution in [1.82, 2.24) is 0 Å². The number of halogens is 1. The molecular formula is C8H13FO. The molecule has 2 heteroatoms. The second kappa shape index (κ2) is 5.15. The Balaban J connectivity index is 3.55. The predicted molar refractivity (Wildman–Crippen MR) is 39.6 cm³/mol. The van der Waals surface area contributed by atoms with Crippen LogP contribution in [0.4, 0.5) is 4.39 Å². The molecule has 1 unspecified atom stereocenters. The van der Waals surface area contributed by atoms with Crippen molar-refractivity contribution in [3.63, 3.8) is 0 Å². The number of Topliss-reactive ketones (excluding diaryl/α,β-unsaturated/α-hetero) is 1. The van der Waals surface area contributed by atoms with Crippen molar-refractivity contribution in [2.75, 3.05) is 6.67 Å². The zero-order valence-electron chi connectivity index (χ0n) is 6.43. The minimum Gasteiger partial charge on any atom is -0.299 e. The van der Waals surface area contributed by atoms with Gasteiger partial charge < -0.3 is 0 Å². The van der Waals surface area contributed by atoms with Gasteiger partial charge in [0.25, 0.3) is 0 Å². The number of rotatable bonds is 4. The number of hydrogen-bond donors (Lipinski definition) is 0. The monoisotopic (exact) mass is 144 g/mol. The van der Waals surface area contributed by atoms with Crippen molar-refractivity contribution in [3.05, 3.63) is 12.2 Å². The molecule has 0 aromatic carbocycles. The summed E-state index contributed by atoms with van der Waals surface area (Å²) in [6, 6.07) is 0. The van der Waals surface area contributed by atoms with Gasteiger partial charge in [-0.05, 0) is 13.3 Å². The van der Waals surface area contributed by atoms with E-state index in [1.54, 1.807) is 19.1 Å². The van der Waals surface area contributed by atoms with Crippen molar-refractivity contribution in [3.8, 4) is 0 Å². The fourth-order valence-electron chi connectivity index (χ4n) is 0.499. The average molecular weight is 144 g/mol. The standard InChI is InChI=1S/C8H13FO/c1-7(8(2)10)5-3-4-6-9/h3,5,7H,4,6H2,1-2H3. The average Bonchev–Trinajstić information content (AvgIpc) is 1.88. The number of hydrogen-bond acceptors (Lipinski definition) is 1. The molecule has 10 heavy (non-hydrogen) atoms. The molecular weight excluding hydrogens is 131 g/mol. The number of allylic oxidation sites excluding steroid dienone is 2. The molecule has 0 aromatic rings. The summed E-state index contributed by atoms with van der Waals surface area (Å²) in [7, 11) is 0. The van der Waals surface area contributed by atoms with Crippen LogP contribution in [0, 0.1) is 5.92 Å². The van der Waals surface area contributed by atoms with E-state index in [0.717, 1.165) is 0 Å². The van der Waals surface area contributed by atoms with Crippen LogP contribution in [-0.2, 0) is 4.79 Å². The summed E-state index contributed by atoms with van der Waals surface area (Å²) in [6.45, 7) is 2.99. The summed E-state index contributed by atoms with van der Waals surface area (Å²) in [6.07, 6.45) is 3.85. The zero-order valence-corrected chi connectivity index (χ0v) is 6.43. The van der Waals surface area contributed by atoms with Crippen molar-refractivity contribution in [2.24, 2.45) is 5.92 Å². The van der Waals surface area contributed by atoms with Gasteiger partial charge in [-0.25, -0.2) is 0 Å². The lowest BCUT2D eigenvalue weighted by Crippen LogP contribution is -2.01. The summed E-state index contributed by atoms with van der Waals surface area (Å²) in [4.78, 5) is 10.6. The van der Waals surface area contributed by atoms with Gasteiger partial charge in [0, 0.05) is 5.92 Å². The van der Waals surface area contributed by atoms with Crippen molar-refractivity contribution < 1.29 is 9.18 Å². The molecule has 1 nitrogen and oxygen atoms in total. The highest BCUT2D eigenvalue weighted by atomic mass is 19.1. The fourth-order valence-corrected chi connectivity index (χ4v) is 0.499. The van der Waals surface area contributed by atoms with E-state index in [0.29, 0.717) is 6.42 Å². The molecule has 0 saturated heterocycles. The first-order chi connectivity index (χ1) is 4.68. The summed E-state index contributed by atoms with van der Waals surface area (Å²) >= 11 is 0. The summed E-state index contributed by atoms with van der Waals surface area (Å²) in [5, 5.41) is 0. The SMILES string of the molecule is CC(=O)C(C)C=CCCF. The van der Waals surface area contributed by atoms with E-state index in [2.05, 4.69) is 0 Å². The van der Waals surface area contributed by atoms with Crippen LogP contribution < -0.4 is 0 Å². The lowest BCUT2D eigenvalue weighted by atomic mass is 10.1. The van der Waals surface area contributed by atoms with E-state index < -0.39 is 0 Å². The van der Waals surface area contributed by atoms with Crippen LogP contribution in [0.3, 0.4) is 0 Å². The molecule has 0 saturated carbocycles. The van der Waals surface area contributed by atoms with E-state index in [1.165, 1.54) is 6.92 Å². The second-order valence-corrected chi connectivity index (χ2v) is 2.31. The molecule has 0 aromatic heterocycles. The topological polar surface area (TPSA) is 17.1 Å². The third-order valence-electron chi connectivity index (χ3n) is 1.34. The highest BCUT2D eigenvalue weighted by molar-refractivity contribution is 5.79. The van der Waals surface area contributed by atoms with Crippen LogP contribution in [-0.4, -0.2) is 12.5 Å². The van der Waals surface area contributed by atoms with Gasteiger partial charge in [0.15, 0.2) is 0 Å². The fraction of sp³-hybridized carbons (Fsp3) is 0.625. The van der Waals surface area contributed by atoms with Crippen LogP contribution in [0.5, 0.6) is 0 Å². The summed E-state index contributed by atoms with van der Waals surface area (Å²) < 4.78 is 11.5. The Morgan fingerprint density at radius 2 is 2.30 bits per heavy atom. The smallest absolute Gasteiger partial charge is 0.136 e. The molecule has 0 N–H and O–H groups in total. The van der Waals surface area contributed by atoms with Gasteiger partial charge in [0.05, 0.1) is 6.67 Å². The molecule has 0 fully saturated rings. The van der Waals surface area contributed by atoms with Gasteiger partial charge in [-0.3, -0.25) is 9.18 Å². The molecule has 0 aliphatic heterocycles. The Labute approximate surface area is 60.9 Å². The third kappa shape index (κ3) is 4.24. The van der Waals surface area contributed by atoms with Gasteiger partial charge in [0.2, 0.25) is 0 Å². The number of ketones is 1. The molecule has 58 valence electrons. The van der Waals surface area contributed by atoms with E-state index in [4.69, 9.17) is 0 Å². The highest BCUT2D eigenvalue weighted by Crippen LogP contribution is 1.99. The summed E-state index contributed by atoms with van der Waals surface area (Å²) in [5.74, 6) is 0.0571. The molecule has 0 amide bonds. The third-order valence-corrected chi connectivity index (χ3v) is 1.34. The second-order valence-electron chi connectivity index (χ2n) is 2.31. The first-order valence-electron chi connectivity index (χ1n) is 3.41. The lowest BCUT2D eigenvalue weighted by molar-refractivity contribution is -0.118. The Morgan fingerprint density at radius 1 is 1.70 bits per heavy atom. The van der Waals surface area contributed by atoms with Gasteiger partial charge in [0.1, 0.15) is 5.78 Å². The van der Waals surface area contributed by atoms with Crippen LogP contribution in [0.25, 0.3) is 0 Å². The van der Waals surface area contributed by atoms with E-state index in [1.807, 2.05) is 0 Å². The van der Waals surface area contributed by atoms with Gasteiger partial charge in [-0.1, -0.05) is 19.1 Å². The number of carbonyl (C=O) groups is 1. The number of alkyl halides is 1. The summed E-state index contributed by atoms with van der Waals surface area (Å²) in [5.41, 5.74) is 0. The molecule has 1 atom stereocenters. The van der Waals surface area contributed by atoms with E-state index in [-0.39, 0.29) is 18.4 Å². The molecule has 0 aliphatic rings. The largest absolute Gasteiger partial charge is 0.299 e. The van der Waals surface area contributed by atoms with Gasteiger partial charge >= 0.3 is 0 Å². The maximum Gasteiger partial charge on any atom is 0.136 e. The molecule has 0 rings (SSSR count). The first-order valence-corrected chi connectivity index (χ1v) is 3.41. The van der Waals surface area contributed by atoms with Crippen LogP contribution in [0.15, 0.2) is 12.2 Å². The zero-order chi connectivity index (χ0) is 7.98. The highest BCUT2D eigenvalue weighted by Gasteiger charge is 2.00. The molecule has 0 heterocycles. The van der Waals surface area contributed by atoms with Gasteiger partial charge in [-0.15, -0.1) is 0 Å².